The minimum absolute atomic E-state index is 0.0153. The molecule has 2 heterocycles. The molecule has 2 rings (SSSR count). The van der Waals surface area contributed by atoms with Crippen molar-refractivity contribution in [1.82, 2.24) is 9.97 Å². The third kappa shape index (κ3) is 3.02. The molecule has 0 radical (unpaired) electrons. The molecule has 19 heavy (non-hydrogen) atoms. The van der Waals surface area contributed by atoms with Crippen LogP contribution in [-0.4, -0.2) is 18.4 Å². The molecule has 2 N–H and O–H groups in total. The summed E-state index contributed by atoms with van der Waals surface area (Å²) in [5, 5.41) is 0. The number of hydrogen-bond donors (Lipinski definition) is 2. The minimum Gasteiger partial charge on any atom is -0.315 e. The van der Waals surface area contributed by atoms with Crippen LogP contribution in [-0.2, 0) is 10.0 Å². The van der Waals surface area contributed by atoms with Crippen molar-refractivity contribution >= 4 is 27.2 Å². The Balaban J connectivity index is 2.42. The summed E-state index contributed by atoms with van der Waals surface area (Å²) < 4.78 is 26.7. The van der Waals surface area contributed by atoms with Gasteiger partial charge in [0, 0.05) is 11.4 Å². The number of nitrogens with zero attached hydrogens (tertiary/aromatic N) is 1. The number of aryl methyl sites for hydroxylation is 3. The lowest BCUT2D eigenvalue weighted by atomic mass is 10.2. The molecule has 0 unspecified atom stereocenters. The second-order valence-electron chi connectivity index (χ2n) is 4.20. The zero-order chi connectivity index (χ0) is 14.2. The first kappa shape index (κ1) is 13.8. The lowest BCUT2D eigenvalue weighted by Gasteiger charge is -2.07. The Bertz CT molecular complexity index is 754. The van der Waals surface area contributed by atoms with Gasteiger partial charge in [-0.05, 0) is 38.5 Å². The molecule has 0 aromatic carbocycles. The third-order valence-electron chi connectivity index (χ3n) is 2.36. The Hall–Kier alpha value is -1.67. The maximum Gasteiger partial charge on any atom is 0.306 e. The largest absolute Gasteiger partial charge is 0.315 e. The molecule has 0 amide bonds. The van der Waals surface area contributed by atoms with Crippen molar-refractivity contribution in [1.29, 1.82) is 0 Å². The number of pyridine rings is 1. The Morgan fingerprint density at radius 3 is 2.47 bits per heavy atom. The van der Waals surface area contributed by atoms with Gasteiger partial charge in [-0.15, -0.1) is 0 Å². The van der Waals surface area contributed by atoms with E-state index in [1.165, 1.54) is 0 Å². The lowest BCUT2D eigenvalue weighted by molar-refractivity contribution is 0.602. The Morgan fingerprint density at radius 2 is 1.95 bits per heavy atom. The maximum absolute atomic E-state index is 12.2. The van der Waals surface area contributed by atoms with Gasteiger partial charge in [-0.1, -0.05) is 11.3 Å². The molecule has 102 valence electrons. The van der Waals surface area contributed by atoms with E-state index in [1.807, 2.05) is 13.0 Å². The van der Waals surface area contributed by atoms with Crippen molar-refractivity contribution in [2.24, 2.45) is 0 Å². The summed E-state index contributed by atoms with van der Waals surface area (Å²) in [6.45, 7) is 5.18. The molecular formula is C11H13N3O3S2. The molecule has 0 aliphatic heterocycles. The van der Waals surface area contributed by atoms with Crippen LogP contribution < -0.4 is 9.60 Å². The number of nitrogens with one attached hydrogen (secondary N) is 2. The Kier molecular flexibility index (Phi) is 3.46. The molecule has 0 saturated carbocycles. The molecule has 0 aliphatic carbocycles. The Labute approximate surface area is 114 Å². The molecule has 0 atom stereocenters. The van der Waals surface area contributed by atoms with Gasteiger partial charge in [0.2, 0.25) is 0 Å². The summed E-state index contributed by atoms with van der Waals surface area (Å²) in [6, 6.07) is 3.48. The number of aromatic nitrogens is 2. The second kappa shape index (κ2) is 4.78. The standard InChI is InChI=1S/C11H13N3O3S2/c1-6-4-7(2)12-9(5-6)14-19(16,17)10-8(3)13-11(15)18-10/h4-5H,1-3H3,(H,12,14)(H,13,15). The highest BCUT2D eigenvalue weighted by Crippen LogP contribution is 2.20. The molecule has 2 aromatic rings. The van der Waals surface area contributed by atoms with Crippen molar-refractivity contribution in [3.05, 3.63) is 38.8 Å². The van der Waals surface area contributed by atoms with Crippen LogP contribution in [0.3, 0.4) is 0 Å². The van der Waals surface area contributed by atoms with Crippen molar-refractivity contribution in [2.75, 3.05) is 4.72 Å². The molecular weight excluding hydrogens is 286 g/mol. The van der Waals surface area contributed by atoms with E-state index in [4.69, 9.17) is 0 Å². The van der Waals surface area contributed by atoms with Gasteiger partial charge in [-0.25, -0.2) is 13.4 Å². The van der Waals surface area contributed by atoms with Crippen LogP contribution >= 0.6 is 11.3 Å². The fourth-order valence-electron chi connectivity index (χ4n) is 1.72. The number of H-pyrrole nitrogens is 1. The molecule has 0 bridgehead atoms. The average molecular weight is 299 g/mol. The van der Waals surface area contributed by atoms with Crippen molar-refractivity contribution in [3.8, 4) is 0 Å². The first-order valence-electron chi connectivity index (χ1n) is 5.46. The predicted octanol–water partition coefficient (Wildman–Crippen LogP) is 1.56. The van der Waals surface area contributed by atoms with Gasteiger partial charge in [0.25, 0.3) is 10.0 Å². The zero-order valence-corrected chi connectivity index (χ0v) is 12.3. The molecule has 0 saturated heterocycles. The van der Waals surface area contributed by atoms with Gasteiger partial charge in [-0.2, -0.15) is 0 Å². The van der Waals surface area contributed by atoms with Gasteiger partial charge in [-0.3, -0.25) is 9.52 Å². The molecule has 2 aromatic heterocycles. The van der Waals surface area contributed by atoms with Crippen LogP contribution in [0.1, 0.15) is 17.0 Å². The SMILES string of the molecule is Cc1cc(C)nc(NS(=O)(=O)c2sc(=O)[nH]c2C)c1. The summed E-state index contributed by atoms with van der Waals surface area (Å²) in [5.41, 5.74) is 1.95. The van der Waals surface area contributed by atoms with Crippen molar-refractivity contribution < 1.29 is 8.42 Å². The van der Waals surface area contributed by atoms with Gasteiger partial charge >= 0.3 is 4.87 Å². The summed E-state index contributed by atoms with van der Waals surface area (Å²) in [5.74, 6) is 0.248. The van der Waals surface area contributed by atoms with Crippen molar-refractivity contribution in [3.63, 3.8) is 0 Å². The van der Waals surface area contributed by atoms with E-state index in [0.717, 1.165) is 11.3 Å². The number of sulfonamides is 1. The lowest BCUT2D eigenvalue weighted by Crippen LogP contribution is -2.14. The van der Waals surface area contributed by atoms with E-state index in [-0.39, 0.29) is 10.0 Å². The summed E-state index contributed by atoms with van der Waals surface area (Å²) in [4.78, 5) is 17.3. The van der Waals surface area contributed by atoms with E-state index in [0.29, 0.717) is 17.0 Å². The quantitative estimate of drug-likeness (QED) is 0.899. The highest BCUT2D eigenvalue weighted by Gasteiger charge is 2.21. The van der Waals surface area contributed by atoms with Crippen LogP contribution in [0.5, 0.6) is 0 Å². The van der Waals surface area contributed by atoms with E-state index in [9.17, 15) is 13.2 Å². The second-order valence-corrected chi connectivity index (χ2v) is 7.06. The number of hydrogen-bond acceptors (Lipinski definition) is 5. The number of aromatic amines is 1. The van der Waals surface area contributed by atoms with Crippen LogP contribution in [0, 0.1) is 20.8 Å². The molecule has 6 nitrogen and oxygen atoms in total. The normalized spacial score (nSPS) is 11.5. The average Bonchev–Trinajstić information content (AvgIpc) is 2.56. The summed E-state index contributed by atoms with van der Waals surface area (Å²) >= 11 is 0.660. The fourth-order valence-corrected chi connectivity index (χ4v) is 4.02. The van der Waals surface area contributed by atoms with Crippen LogP contribution in [0.25, 0.3) is 0 Å². The topological polar surface area (TPSA) is 91.9 Å². The third-order valence-corrected chi connectivity index (χ3v) is 5.32. The van der Waals surface area contributed by atoms with Crippen LogP contribution in [0.4, 0.5) is 5.82 Å². The number of anilines is 1. The predicted molar refractivity (Wildman–Crippen MR) is 74.2 cm³/mol. The van der Waals surface area contributed by atoms with E-state index in [2.05, 4.69) is 14.7 Å². The Morgan fingerprint density at radius 1 is 1.26 bits per heavy atom. The smallest absolute Gasteiger partial charge is 0.306 e. The zero-order valence-electron chi connectivity index (χ0n) is 10.6. The van der Waals surface area contributed by atoms with Gasteiger partial charge < -0.3 is 4.98 Å². The van der Waals surface area contributed by atoms with Crippen LogP contribution in [0.15, 0.2) is 21.1 Å². The first-order chi connectivity index (χ1) is 8.78. The van der Waals surface area contributed by atoms with E-state index >= 15 is 0 Å². The molecule has 0 fully saturated rings. The number of rotatable bonds is 3. The molecule has 8 heteroatoms. The highest BCUT2D eigenvalue weighted by atomic mass is 32.2. The van der Waals surface area contributed by atoms with Crippen molar-refractivity contribution in [2.45, 2.75) is 25.0 Å². The maximum atomic E-state index is 12.2. The number of thiazole rings is 1. The first-order valence-corrected chi connectivity index (χ1v) is 7.76. The fraction of sp³-hybridized carbons (Fsp3) is 0.273. The monoisotopic (exact) mass is 299 g/mol. The van der Waals surface area contributed by atoms with E-state index in [1.54, 1.807) is 19.9 Å². The minimum atomic E-state index is -3.78. The van der Waals surface area contributed by atoms with Gasteiger partial charge in [0.05, 0.1) is 0 Å². The van der Waals surface area contributed by atoms with E-state index < -0.39 is 14.9 Å². The van der Waals surface area contributed by atoms with Gasteiger partial charge in [0.1, 0.15) is 5.82 Å². The molecule has 0 spiro atoms. The summed E-state index contributed by atoms with van der Waals surface area (Å²) in [7, 11) is -3.78. The highest BCUT2D eigenvalue weighted by molar-refractivity contribution is 7.94. The van der Waals surface area contributed by atoms with Crippen LogP contribution in [0.2, 0.25) is 0 Å². The van der Waals surface area contributed by atoms with Gasteiger partial charge in [0.15, 0.2) is 4.21 Å². The summed E-state index contributed by atoms with van der Waals surface area (Å²) in [6.07, 6.45) is 0. The molecule has 0 aliphatic rings.